The lowest BCUT2D eigenvalue weighted by Gasteiger charge is -2.14. The fourth-order valence-electron chi connectivity index (χ4n) is 3.02. The first-order valence-corrected chi connectivity index (χ1v) is 12.3. The number of halogens is 3. The molecular weight excluding hydrogens is 616 g/mol. The number of aryl methyl sites for hydroxylation is 1. The summed E-state index contributed by atoms with van der Waals surface area (Å²) in [4.78, 5) is 24.9. The molecule has 0 aliphatic heterocycles. The summed E-state index contributed by atoms with van der Waals surface area (Å²) in [5.41, 5.74) is 2.59. The lowest BCUT2D eigenvalue weighted by atomic mass is 10.1. The minimum atomic E-state index is -0.533. The maximum Gasteiger partial charge on any atom is 0.266 e. The predicted octanol–water partition coefficient (Wildman–Crippen LogP) is 6.48. The summed E-state index contributed by atoms with van der Waals surface area (Å²) < 4.78 is 11.7. The number of nitrogens with zero attached hydrogens (tertiary/aromatic N) is 1. The van der Waals surface area contributed by atoms with Crippen LogP contribution in [0.2, 0.25) is 10.0 Å². The number of carbonyl (C=O) groups excluding carboxylic acids is 2. The molecule has 0 saturated heterocycles. The van der Waals surface area contributed by atoms with Crippen LogP contribution in [0.15, 0.2) is 60.2 Å². The highest BCUT2D eigenvalue weighted by Crippen LogP contribution is 2.35. The van der Waals surface area contributed by atoms with Gasteiger partial charge < -0.3 is 20.1 Å². The highest BCUT2D eigenvalue weighted by Gasteiger charge is 2.16. The Balaban J connectivity index is 1.73. The van der Waals surface area contributed by atoms with Crippen LogP contribution in [0.5, 0.6) is 11.5 Å². The Morgan fingerprint density at radius 2 is 1.72 bits per heavy atom. The van der Waals surface area contributed by atoms with Crippen LogP contribution >= 0.6 is 45.8 Å². The zero-order chi connectivity index (χ0) is 26.2. The van der Waals surface area contributed by atoms with E-state index >= 15 is 0 Å². The van der Waals surface area contributed by atoms with Crippen molar-refractivity contribution in [2.45, 2.75) is 6.92 Å². The Labute approximate surface area is 232 Å². The zero-order valence-corrected chi connectivity index (χ0v) is 22.9. The second-order valence-electron chi connectivity index (χ2n) is 7.49. The molecular formula is C26H20Cl2IN3O4. The van der Waals surface area contributed by atoms with Crippen molar-refractivity contribution in [3.8, 4) is 17.6 Å². The largest absolute Gasteiger partial charge is 0.493 e. The van der Waals surface area contributed by atoms with Gasteiger partial charge in [-0.25, -0.2) is 0 Å². The number of hydrogen-bond donors (Lipinski definition) is 2. The van der Waals surface area contributed by atoms with Crippen molar-refractivity contribution >= 4 is 75.1 Å². The monoisotopic (exact) mass is 635 g/mol. The second-order valence-corrected chi connectivity index (χ2v) is 9.47. The van der Waals surface area contributed by atoms with E-state index in [9.17, 15) is 14.9 Å². The highest BCUT2D eigenvalue weighted by molar-refractivity contribution is 14.1. The quantitative estimate of drug-likeness (QED) is 0.168. The van der Waals surface area contributed by atoms with E-state index in [1.54, 1.807) is 36.4 Å². The van der Waals surface area contributed by atoms with Gasteiger partial charge in [-0.3, -0.25) is 9.59 Å². The number of methoxy groups -OCH3 is 1. The van der Waals surface area contributed by atoms with Crippen molar-refractivity contribution in [3.63, 3.8) is 0 Å². The van der Waals surface area contributed by atoms with Crippen LogP contribution in [0.1, 0.15) is 11.1 Å². The number of amides is 2. The van der Waals surface area contributed by atoms with Gasteiger partial charge in [-0.2, -0.15) is 5.26 Å². The van der Waals surface area contributed by atoms with Gasteiger partial charge in [-0.15, -0.1) is 0 Å². The molecule has 36 heavy (non-hydrogen) atoms. The minimum Gasteiger partial charge on any atom is -0.493 e. The SMILES string of the molecule is COc1cc(/C=C(/C#N)C(=O)Nc2ccc(C)cc2)cc(I)c1OCC(=O)Nc1ccc(Cl)c(Cl)c1. The number of carbonyl (C=O) groups is 2. The van der Waals surface area contributed by atoms with E-state index in [0.717, 1.165) is 5.56 Å². The molecule has 0 saturated carbocycles. The summed E-state index contributed by atoms with van der Waals surface area (Å²) >= 11 is 13.9. The average Bonchev–Trinajstić information content (AvgIpc) is 2.85. The van der Waals surface area contributed by atoms with Gasteiger partial charge >= 0.3 is 0 Å². The third-order valence-electron chi connectivity index (χ3n) is 4.79. The molecule has 184 valence electrons. The molecule has 0 aliphatic carbocycles. The summed E-state index contributed by atoms with van der Waals surface area (Å²) in [6.45, 7) is 1.65. The smallest absolute Gasteiger partial charge is 0.266 e. The van der Waals surface area contributed by atoms with Gasteiger partial charge in [0.15, 0.2) is 18.1 Å². The molecule has 0 radical (unpaired) electrons. The number of ether oxygens (including phenoxy) is 2. The van der Waals surface area contributed by atoms with Crippen molar-refractivity contribution in [1.82, 2.24) is 0 Å². The number of hydrogen-bond acceptors (Lipinski definition) is 5. The van der Waals surface area contributed by atoms with Gasteiger partial charge in [-0.1, -0.05) is 40.9 Å². The number of benzene rings is 3. The minimum absolute atomic E-state index is 0.0805. The standard InChI is InChI=1S/C26H20Cl2IN3O4/c1-15-3-5-18(6-4-15)32-26(34)17(13-30)9-16-10-22(29)25(23(11-16)35-2)36-14-24(33)31-19-7-8-20(27)21(28)12-19/h3-12H,14H2,1-2H3,(H,31,33)(H,32,34)/b17-9-. The Morgan fingerprint density at radius 3 is 2.36 bits per heavy atom. The van der Waals surface area contributed by atoms with Crippen molar-refractivity contribution in [1.29, 1.82) is 5.26 Å². The van der Waals surface area contributed by atoms with E-state index < -0.39 is 11.8 Å². The number of rotatable bonds is 8. The Morgan fingerprint density at radius 1 is 1.03 bits per heavy atom. The van der Waals surface area contributed by atoms with Crippen LogP contribution in [0.4, 0.5) is 11.4 Å². The van der Waals surface area contributed by atoms with E-state index in [4.69, 9.17) is 32.7 Å². The molecule has 2 N–H and O–H groups in total. The van der Waals surface area contributed by atoms with Gasteiger partial charge in [0.25, 0.3) is 11.8 Å². The summed E-state index contributed by atoms with van der Waals surface area (Å²) in [6, 6.07) is 17.2. The number of anilines is 2. The van der Waals surface area contributed by atoms with Crippen LogP contribution in [0, 0.1) is 21.8 Å². The lowest BCUT2D eigenvalue weighted by Crippen LogP contribution is -2.20. The molecule has 3 rings (SSSR count). The Bertz CT molecular complexity index is 1370. The van der Waals surface area contributed by atoms with Gasteiger partial charge in [0, 0.05) is 11.4 Å². The maximum atomic E-state index is 12.6. The zero-order valence-electron chi connectivity index (χ0n) is 19.2. The molecule has 3 aromatic carbocycles. The summed E-state index contributed by atoms with van der Waals surface area (Å²) in [7, 11) is 1.46. The maximum absolute atomic E-state index is 12.6. The lowest BCUT2D eigenvalue weighted by molar-refractivity contribution is -0.118. The normalized spacial score (nSPS) is 10.8. The first-order chi connectivity index (χ1) is 17.2. The fraction of sp³-hybridized carbons (Fsp3) is 0.115. The fourth-order valence-corrected chi connectivity index (χ4v) is 4.10. The molecule has 0 spiro atoms. The number of nitrogens with one attached hydrogen (secondary N) is 2. The van der Waals surface area contributed by atoms with Crippen LogP contribution < -0.4 is 20.1 Å². The van der Waals surface area contributed by atoms with E-state index in [1.807, 2.05) is 47.7 Å². The van der Waals surface area contributed by atoms with E-state index in [0.29, 0.717) is 42.1 Å². The van der Waals surface area contributed by atoms with E-state index in [2.05, 4.69) is 10.6 Å². The van der Waals surface area contributed by atoms with Crippen LogP contribution in [0.3, 0.4) is 0 Å². The highest BCUT2D eigenvalue weighted by atomic mass is 127. The summed E-state index contributed by atoms with van der Waals surface area (Å²) in [5, 5.41) is 15.6. The van der Waals surface area contributed by atoms with Crippen LogP contribution in [-0.4, -0.2) is 25.5 Å². The third-order valence-corrected chi connectivity index (χ3v) is 6.33. The molecule has 2 amide bonds. The van der Waals surface area contributed by atoms with E-state index in [1.165, 1.54) is 19.3 Å². The molecule has 10 heteroatoms. The third kappa shape index (κ3) is 7.37. The summed E-state index contributed by atoms with van der Waals surface area (Å²) in [6.07, 6.45) is 1.45. The summed E-state index contributed by atoms with van der Waals surface area (Å²) in [5.74, 6) is -0.252. The van der Waals surface area contributed by atoms with Gasteiger partial charge in [0.2, 0.25) is 0 Å². The molecule has 7 nitrogen and oxygen atoms in total. The van der Waals surface area contributed by atoms with Crippen LogP contribution in [-0.2, 0) is 9.59 Å². The van der Waals surface area contributed by atoms with Crippen molar-refractivity contribution in [2.75, 3.05) is 24.4 Å². The molecule has 0 fully saturated rings. The first kappa shape index (κ1) is 27.3. The average molecular weight is 636 g/mol. The molecule has 0 atom stereocenters. The predicted molar refractivity (Wildman–Crippen MR) is 150 cm³/mol. The molecule has 0 aromatic heterocycles. The molecule has 0 unspecified atom stereocenters. The topological polar surface area (TPSA) is 100 Å². The molecule has 0 heterocycles. The molecule has 0 bridgehead atoms. The van der Waals surface area contributed by atoms with Crippen molar-refractivity contribution < 1.29 is 19.1 Å². The van der Waals surface area contributed by atoms with Crippen molar-refractivity contribution in [3.05, 3.63) is 84.9 Å². The van der Waals surface area contributed by atoms with E-state index in [-0.39, 0.29) is 12.2 Å². The van der Waals surface area contributed by atoms with Gasteiger partial charge in [-0.05, 0) is 83.6 Å². The van der Waals surface area contributed by atoms with Gasteiger partial charge in [0.05, 0.1) is 20.7 Å². The molecule has 0 aliphatic rings. The second kappa shape index (κ2) is 12.6. The number of nitriles is 1. The Hall–Kier alpha value is -3.26. The molecule has 3 aromatic rings. The van der Waals surface area contributed by atoms with Crippen molar-refractivity contribution in [2.24, 2.45) is 0 Å². The van der Waals surface area contributed by atoms with Crippen LogP contribution in [0.25, 0.3) is 6.08 Å². The first-order valence-electron chi connectivity index (χ1n) is 10.4. The van der Waals surface area contributed by atoms with Gasteiger partial charge in [0.1, 0.15) is 11.6 Å². The Kier molecular flexibility index (Phi) is 9.58.